The Balaban J connectivity index is 1.70. The molecular weight excluding hydrogens is 390 g/mol. The van der Waals surface area contributed by atoms with Crippen LogP contribution in [0.1, 0.15) is 34.7 Å². The van der Waals surface area contributed by atoms with E-state index in [9.17, 15) is 13.2 Å². The molecule has 29 heavy (non-hydrogen) atoms. The Hall–Kier alpha value is -2.64. The van der Waals surface area contributed by atoms with Crippen LogP contribution in [-0.2, 0) is 20.3 Å². The number of ether oxygens (including phenoxy) is 1. The Labute approximate surface area is 170 Å². The van der Waals surface area contributed by atoms with Crippen molar-refractivity contribution >= 4 is 26.7 Å². The molecule has 2 atom stereocenters. The van der Waals surface area contributed by atoms with E-state index in [2.05, 4.69) is 0 Å². The molecule has 2 heterocycles. The highest BCUT2D eigenvalue weighted by Crippen LogP contribution is 2.31. The molecule has 1 amide bonds. The maximum absolute atomic E-state index is 13.4. The number of morpholine rings is 1. The average Bonchev–Trinajstić information content (AvgIpc) is 3.04. The molecule has 0 N–H and O–H groups in total. The van der Waals surface area contributed by atoms with Crippen LogP contribution in [0.2, 0.25) is 0 Å². The highest BCUT2D eigenvalue weighted by Gasteiger charge is 2.33. The lowest BCUT2D eigenvalue weighted by Gasteiger charge is -2.36. The largest absolute Gasteiger partial charge is 0.451 e. The highest BCUT2D eigenvalue weighted by atomic mass is 32.2. The van der Waals surface area contributed by atoms with Gasteiger partial charge in [-0.15, -0.1) is 0 Å². The number of fused-ring (bicyclic) bond motifs is 1. The summed E-state index contributed by atoms with van der Waals surface area (Å²) in [7, 11) is -3.35. The third-order valence-corrected chi connectivity index (χ3v) is 5.83. The normalized spacial score (nSPS) is 20.1. The van der Waals surface area contributed by atoms with Crippen molar-refractivity contribution in [2.75, 3.05) is 19.3 Å². The van der Waals surface area contributed by atoms with Crippen molar-refractivity contribution in [2.45, 2.75) is 24.9 Å². The van der Waals surface area contributed by atoms with Gasteiger partial charge in [0.05, 0.1) is 18.4 Å². The molecule has 2 aromatic carbocycles. The SMILES string of the molecule is CC1CN(C(=O)c2oc3ccccc3c2CS(C)(=O)=O)CC(c2ccccc2)O1. The number of nitrogens with zero attached hydrogens (tertiary/aromatic N) is 1. The Morgan fingerprint density at radius 1 is 1.07 bits per heavy atom. The first-order valence-electron chi connectivity index (χ1n) is 9.49. The standard InChI is InChI=1S/C22H23NO5S/c1-15-12-23(13-20(27-15)16-8-4-3-5-9-16)22(24)21-18(14-29(2,25)26)17-10-6-7-11-19(17)28-21/h3-11,15,20H,12-14H2,1-2H3. The number of carbonyl (C=O) groups is 1. The molecular formula is C22H23NO5S. The van der Waals surface area contributed by atoms with Crippen LogP contribution in [0.25, 0.3) is 11.0 Å². The van der Waals surface area contributed by atoms with Crippen molar-refractivity contribution in [3.8, 4) is 0 Å². The number of amides is 1. The lowest BCUT2D eigenvalue weighted by atomic mass is 10.1. The maximum atomic E-state index is 13.4. The minimum absolute atomic E-state index is 0.0949. The molecule has 1 fully saturated rings. The van der Waals surface area contributed by atoms with Crippen molar-refractivity contribution in [1.29, 1.82) is 0 Å². The van der Waals surface area contributed by atoms with Gasteiger partial charge < -0.3 is 14.1 Å². The Kier molecular flexibility index (Phi) is 5.19. The van der Waals surface area contributed by atoms with Crippen molar-refractivity contribution in [3.63, 3.8) is 0 Å². The zero-order valence-electron chi connectivity index (χ0n) is 16.4. The van der Waals surface area contributed by atoms with Crippen LogP contribution in [-0.4, -0.2) is 44.7 Å². The molecule has 1 aliphatic rings. The predicted molar refractivity (Wildman–Crippen MR) is 110 cm³/mol. The lowest BCUT2D eigenvalue weighted by molar-refractivity contribution is -0.0697. The zero-order chi connectivity index (χ0) is 20.6. The maximum Gasteiger partial charge on any atom is 0.290 e. The molecule has 4 rings (SSSR count). The summed E-state index contributed by atoms with van der Waals surface area (Å²) in [5.74, 6) is -0.457. The smallest absolute Gasteiger partial charge is 0.290 e. The van der Waals surface area contributed by atoms with Crippen LogP contribution in [0.4, 0.5) is 0 Å². The van der Waals surface area contributed by atoms with Crippen LogP contribution in [0.5, 0.6) is 0 Å². The summed E-state index contributed by atoms with van der Waals surface area (Å²) in [6.07, 6.45) is 0.762. The quantitative estimate of drug-likeness (QED) is 0.653. The molecule has 2 unspecified atom stereocenters. The van der Waals surface area contributed by atoms with E-state index in [1.54, 1.807) is 29.2 Å². The number of rotatable bonds is 4. The van der Waals surface area contributed by atoms with Gasteiger partial charge >= 0.3 is 0 Å². The summed E-state index contributed by atoms with van der Waals surface area (Å²) in [5, 5.41) is 0.655. The van der Waals surface area contributed by atoms with Gasteiger partial charge in [0.1, 0.15) is 11.7 Å². The van der Waals surface area contributed by atoms with Crippen molar-refractivity contribution < 1.29 is 22.4 Å². The Bertz CT molecular complexity index is 1140. The first-order chi connectivity index (χ1) is 13.8. The third-order valence-electron chi connectivity index (χ3n) is 5.02. The minimum atomic E-state index is -3.35. The first kappa shape index (κ1) is 19.7. The fourth-order valence-electron chi connectivity index (χ4n) is 3.79. The second kappa shape index (κ2) is 7.65. The van der Waals surface area contributed by atoms with Crippen molar-refractivity contribution in [3.05, 3.63) is 71.5 Å². The molecule has 0 radical (unpaired) electrons. The van der Waals surface area contributed by atoms with Gasteiger partial charge in [-0.2, -0.15) is 0 Å². The average molecular weight is 413 g/mol. The topological polar surface area (TPSA) is 76.8 Å². The van der Waals surface area contributed by atoms with E-state index in [1.807, 2.05) is 37.3 Å². The van der Waals surface area contributed by atoms with Crippen LogP contribution in [0, 0.1) is 0 Å². The highest BCUT2D eigenvalue weighted by molar-refractivity contribution is 7.89. The summed E-state index contributed by atoms with van der Waals surface area (Å²) in [6, 6.07) is 16.9. The molecule has 6 nitrogen and oxygen atoms in total. The molecule has 1 aliphatic heterocycles. The number of sulfone groups is 1. The lowest BCUT2D eigenvalue weighted by Crippen LogP contribution is -2.46. The molecule has 152 valence electrons. The number of para-hydroxylation sites is 1. The van der Waals surface area contributed by atoms with Crippen molar-refractivity contribution in [2.24, 2.45) is 0 Å². The molecule has 0 bridgehead atoms. The predicted octanol–water partition coefficient (Wildman–Crippen LogP) is 3.58. The van der Waals surface area contributed by atoms with E-state index in [4.69, 9.17) is 9.15 Å². The number of carbonyl (C=O) groups excluding carboxylic acids is 1. The van der Waals surface area contributed by atoms with E-state index in [0.29, 0.717) is 29.6 Å². The van der Waals surface area contributed by atoms with Gasteiger partial charge in [0.25, 0.3) is 5.91 Å². The minimum Gasteiger partial charge on any atom is -0.451 e. The molecule has 3 aromatic rings. The molecule has 0 spiro atoms. The molecule has 7 heteroatoms. The van der Waals surface area contributed by atoms with E-state index >= 15 is 0 Å². The summed E-state index contributed by atoms with van der Waals surface area (Å²) in [4.78, 5) is 15.1. The summed E-state index contributed by atoms with van der Waals surface area (Å²) < 4.78 is 35.9. The third kappa shape index (κ3) is 4.21. The van der Waals surface area contributed by atoms with Gasteiger partial charge in [0.15, 0.2) is 15.6 Å². The number of benzene rings is 2. The summed E-state index contributed by atoms with van der Waals surface area (Å²) in [6.45, 7) is 2.71. The zero-order valence-corrected chi connectivity index (χ0v) is 17.2. The van der Waals surface area contributed by atoms with Crippen LogP contribution in [0.3, 0.4) is 0 Å². The second-order valence-electron chi connectivity index (χ2n) is 7.53. The van der Waals surface area contributed by atoms with Gasteiger partial charge in [-0.1, -0.05) is 48.5 Å². The van der Waals surface area contributed by atoms with Gasteiger partial charge in [-0.05, 0) is 18.6 Å². The number of hydrogen-bond acceptors (Lipinski definition) is 5. The van der Waals surface area contributed by atoms with Crippen LogP contribution < -0.4 is 0 Å². The summed E-state index contributed by atoms with van der Waals surface area (Å²) >= 11 is 0. The van der Waals surface area contributed by atoms with E-state index in [0.717, 1.165) is 11.8 Å². The monoisotopic (exact) mass is 413 g/mol. The van der Waals surface area contributed by atoms with Gasteiger partial charge in [-0.25, -0.2) is 8.42 Å². The number of hydrogen-bond donors (Lipinski definition) is 0. The van der Waals surface area contributed by atoms with Gasteiger partial charge in [0, 0.05) is 23.8 Å². The van der Waals surface area contributed by atoms with E-state index < -0.39 is 9.84 Å². The first-order valence-corrected chi connectivity index (χ1v) is 11.6. The van der Waals surface area contributed by atoms with Crippen LogP contribution in [0.15, 0.2) is 59.0 Å². The number of furan rings is 1. The van der Waals surface area contributed by atoms with Crippen LogP contribution >= 0.6 is 0 Å². The van der Waals surface area contributed by atoms with Gasteiger partial charge in [0.2, 0.25) is 0 Å². The Morgan fingerprint density at radius 3 is 2.48 bits per heavy atom. The van der Waals surface area contributed by atoms with E-state index in [1.165, 1.54) is 0 Å². The molecule has 1 saturated heterocycles. The fraction of sp³-hybridized carbons (Fsp3) is 0.318. The fourth-order valence-corrected chi connectivity index (χ4v) is 4.60. The Morgan fingerprint density at radius 2 is 1.76 bits per heavy atom. The molecule has 0 saturated carbocycles. The second-order valence-corrected chi connectivity index (χ2v) is 9.67. The van der Waals surface area contributed by atoms with Crippen molar-refractivity contribution in [1.82, 2.24) is 4.90 Å². The van der Waals surface area contributed by atoms with Gasteiger partial charge in [-0.3, -0.25) is 4.79 Å². The summed E-state index contributed by atoms with van der Waals surface area (Å²) in [5.41, 5.74) is 1.93. The molecule has 1 aromatic heterocycles. The van der Waals surface area contributed by atoms with E-state index in [-0.39, 0.29) is 29.6 Å². The molecule has 0 aliphatic carbocycles.